The number of H-pyrrole nitrogens is 2. The number of rotatable bonds is 25. The standard InChI is InChI=1S/C28H50FN4O5PS2.C13H27NOS2.C9H11FN2O4.2CH4O.S49.23U/c1-20(2)33(21(3)4)39(36-17-11-12-18-40-41-28(6,7)19-31-14-9-8-10-15-31)38-25-22(5)37-26(24(25)29)32-16-13-23(34)30-27(32)35;1-13(2,17-16-11-7-6-10-15)12-14-8-4-3-5-9-14;1-4-7(14)6(10)8(16-4)12-3-2-5(13)11-9(12)15;2*1-2;1-3-5-7-9-11-13-15-17-19-21-23-25-27-29-31-33-35-37-39-41-43-45-47-49-48-46-44-42-40-38-36-34-32-30-28-26-24-22-20-18-16-14-12-10-8-6-4-2;;;;;;;;;;;;;;;;;;;;;;;/h13,16,20-22,24-26H,8-12,14-15,17-19H2,1-7H3,(H,30,34,35);15H,3-12H2,1-2H3;2-4,6-8,14H,1H3,(H,11,13,15);2*2H,1H3;;;;;;;;;;;;;;;;;;;;;;;;/i5D;;1D;2*2T;;;;;;;;;;;;;;;;;;;;;;;;. The summed E-state index contributed by atoms with van der Waals surface area (Å²) in [5.41, 5.74) is -2.76. The molecule has 0 spiro atoms. The number of aromatic amines is 2. The minimum Gasteiger partial charge on any atom is -0.400 e. The SMILES string of the molecule is CC(C)(CN1CCCCC1)SSCCCCO.S=S=S=S=S=S=S=S=S=S=S=S=S=S=S=S=S=S=S=S=S=S=S=S=S=S=S=S=S=S=S=S=S=S=S=S=S=S=S=S=S=S=S=S=S=S=S=S=S.[2H]CC1OC(n2ccc(=O)[nH]c2=O)C(F)C1O.[2H]CC1OC(n2ccc(=O)[nH]c2=O)C(F)C1OP(OCCCCSSC(C)(C)CN1CCCCC1)N(C(C)C)C(C)C.[3H]OC.[3H]OC.[U].[U].[U].[U].[U].[U].[U].[U].[U].[U].[U].[U].[U].[U].[U].[U].[U].[U].[U].[U].[U].[U].[U]. The Morgan fingerprint density at radius 2 is 0.673 bits per heavy atom. The van der Waals surface area contributed by atoms with Gasteiger partial charge in [0.05, 0.1) is 18.8 Å². The van der Waals surface area contributed by atoms with Gasteiger partial charge in [-0.05, 0) is 147 Å². The number of piperidine rings is 2. The van der Waals surface area contributed by atoms with Crippen molar-refractivity contribution in [2.75, 3.05) is 78.2 Å². The Hall–Kier alpha value is 33.6. The van der Waals surface area contributed by atoms with Crippen molar-refractivity contribution >= 4 is 491 Å². The molecule has 98 heteroatoms. The third-order valence-electron chi connectivity index (χ3n) is 13.7. The molecule has 9 atom stereocenters. The van der Waals surface area contributed by atoms with Crippen LogP contribution in [-0.2, 0) is 458 Å². The number of halogens is 2. The molecule has 0 radical (unpaired) electrons. The fraction of sp³-hybridized carbons (Fsp3) is 0.846. The van der Waals surface area contributed by atoms with Crippen LogP contribution in [0.1, 0.15) is 149 Å². The number of alkyl halides is 2. The van der Waals surface area contributed by atoms with E-state index in [1.165, 1.54) is 109 Å². The van der Waals surface area contributed by atoms with Crippen molar-refractivity contribution in [3.05, 3.63) is 66.2 Å². The fourth-order valence-electron chi connectivity index (χ4n) is 9.41. The normalized spacial score (nSPS) is 15.6. The molecule has 0 amide bonds. The first-order valence-corrected chi connectivity index (χ1v) is 105. The Morgan fingerprint density at radius 3 is 0.907 bits per heavy atom. The number of aromatic nitrogens is 4. The van der Waals surface area contributed by atoms with Gasteiger partial charge in [0.1, 0.15) is 12.2 Å². The van der Waals surface area contributed by atoms with Crippen LogP contribution >= 0.6 is 51.7 Å². The maximum Gasteiger partial charge on any atom is 0.330 e. The van der Waals surface area contributed by atoms with E-state index < -0.39 is 80.2 Å². The molecule has 4 aliphatic rings. The van der Waals surface area contributed by atoms with E-state index in [1.54, 1.807) is 107 Å². The second-order valence-electron chi connectivity index (χ2n) is 24.1. The van der Waals surface area contributed by atoms with E-state index in [2.05, 4.69) is 57.4 Å². The van der Waals surface area contributed by atoms with Gasteiger partial charge in [0, 0.05) is 1250 Å². The van der Waals surface area contributed by atoms with Gasteiger partial charge in [-0.25, -0.2) is 23.0 Å². The topological polar surface area (TPSA) is 237 Å². The number of unbranched alkanes of at least 4 members (excludes halogenated alkanes) is 2. The number of ether oxygens (including phenoxy) is 2. The summed E-state index contributed by atoms with van der Waals surface area (Å²) >= 11 is 9.62. The van der Waals surface area contributed by atoms with Gasteiger partial charge >= 0.3 is 11.4 Å². The molecule has 0 aliphatic carbocycles. The molecule has 6 N–H and O–H groups in total. The summed E-state index contributed by atoms with van der Waals surface area (Å²) in [6.45, 7) is 25.1. The molecule has 0 aromatic carbocycles. The molecule has 2 aromatic heterocycles. The molecule has 4 saturated heterocycles. The van der Waals surface area contributed by atoms with Crippen molar-refractivity contribution < 1.29 is 766 Å². The zero-order chi connectivity index (χ0) is 96.7. The van der Waals surface area contributed by atoms with Crippen LogP contribution in [0, 0.1) is 716 Å². The van der Waals surface area contributed by atoms with E-state index in [1.807, 2.05) is 369 Å². The zero-order valence-corrected chi connectivity index (χ0v) is 219. The van der Waals surface area contributed by atoms with Crippen molar-refractivity contribution in [2.45, 2.75) is 204 Å². The van der Waals surface area contributed by atoms with Crippen molar-refractivity contribution in [3.8, 4) is 0 Å². The largest absolute Gasteiger partial charge is 0.400 e. The summed E-state index contributed by atoms with van der Waals surface area (Å²) in [4.78, 5) is 55.4. The van der Waals surface area contributed by atoms with Crippen LogP contribution in [0.3, 0.4) is 0 Å². The van der Waals surface area contributed by atoms with E-state index in [0.717, 1.165) is 71.2 Å². The number of nitrogens with one attached hydrogen (secondary N) is 2. The van der Waals surface area contributed by atoms with E-state index in [9.17, 15) is 28.7 Å². The molecule has 2 aromatic rings. The quantitative estimate of drug-likeness (QED) is 0.0318. The van der Waals surface area contributed by atoms with Crippen LogP contribution in [0.2, 0.25) is 0 Å². The average molecular weight is 8260 g/mol. The Labute approximate surface area is 1600 Å². The molecule has 6 heterocycles. The van der Waals surface area contributed by atoms with Gasteiger partial charge < -0.3 is 48.8 Å². The van der Waals surface area contributed by atoms with Crippen LogP contribution < -0.4 is 22.5 Å². The molecule has 840 valence electrons. The van der Waals surface area contributed by atoms with Crippen molar-refractivity contribution in [3.63, 3.8) is 0 Å². The van der Waals surface area contributed by atoms with Crippen molar-refractivity contribution in [2.24, 2.45) is 0 Å². The molecule has 4 fully saturated rings. The van der Waals surface area contributed by atoms with Gasteiger partial charge in [0.15, 0.2) is 24.8 Å². The van der Waals surface area contributed by atoms with Gasteiger partial charge in [0.2, 0.25) is 2.86 Å². The zero-order valence-electron chi connectivity index (χ0n) is 83.2. The van der Waals surface area contributed by atoms with Gasteiger partial charge in [-0.15, -0.1) is 0 Å². The van der Waals surface area contributed by atoms with Crippen molar-refractivity contribution in [1.29, 1.82) is 2.86 Å². The minimum absolute atomic E-state index is 0. The van der Waals surface area contributed by atoms with E-state index in [-0.39, 0.29) is 746 Å². The smallest absolute Gasteiger partial charge is 0.330 e. The number of hydrogen-bond acceptors (Lipinski definition) is 21. The average Bonchev–Trinajstić information content (AvgIpc) is 1.69. The summed E-state index contributed by atoms with van der Waals surface area (Å²) in [6, 6.07) is 2.36. The second-order valence-corrected chi connectivity index (χ2v) is 115. The van der Waals surface area contributed by atoms with Gasteiger partial charge in [0.25, 0.3) is 19.6 Å². The van der Waals surface area contributed by atoms with E-state index >= 15 is 4.39 Å². The number of aliphatic hydroxyl groups excluding tert-OH is 4. The summed E-state index contributed by atoms with van der Waals surface area (Å²) in [7, 11) is 92.7. The summed E-state index contributed by atoms with van der Waals surface area (Å²) < 4.78 is 83.9. The predicted molar refractivity (Wildman–Crippen MR) is 679 cm³/mol. The van der Waals surface area contributed by atoms with Crippen LogP contribution in [0.4, 0.5) is 8.78 Å². The molecule has 9 unspecified atom stereocenters. The second kappa shape index (κ2) is 173. The molecule has 0 bridgehead atoms. The molecule has 6 rings (SSSR count). The van der Waals surface area contributed by atoms with Crippen LogP contribution in [0.15, 0.2) is 43.7 Å². The van der Waals surface area contributed by atoms with Gasteiger partial charge in [-0.2, -0.15) is 0 Å². The van der Waals surface area contributed by atoms with E-state index in [0.29, 0.717) is 18.0 Å². The third-order valence-corrected chi connectivity index (χ3v) is 125. The van der Waals surface area contributed by atoms with E-state index in [4.69, 9.17) is 51.6 Å². The van der Waals surface area contributed by atoms with Crippen LogP contribution in [0.25, 0.3) is 0 Å². The molecular weight excluding hydrogens is 8160 g/mol. The monoisotopic (exact) mass is 8260 g/mol. The first-order valence-electron chi connectivity index (χ1n) is 37.2. The minimum atomic E-state index is -1.81. The Balaban J connectivity index is -0.0000000706. The predicted octanol–water partition coefficient (Wildman–Crippen LogP) is 7.62. The first kappa shape index (κ1) is 226. The Bertz CT molecular complexity index is 6300. The van der Waals surface area contributed by atoms with Gasteiger partial charge in [-0.3, -0.25) is 28.7 Å². The molecule has 19 nitrogen and oxygen atoms in total. The Kier molecular flexibility index (Phi) is 260. The summed E-state index contributed by atoms with van der Waals surface area (Å²) in [5, 5.41) is 25.1. The van der Waals surface area contributed by atoms with Gasteiger partial charge in [-0.1, -0.05) is 56.0 Å². The number of nitrogens with zero attached hydrogens (tertiary/aromatic N) is 5. The molecule has 150 heavy (non-hydrogen) atoms. The number of aliphatic hydroxyl groups is 4. The number of likely N-dealkylation sites (tertiary alicyclic amines) is 2. The van der Waals surface area contributed by atoms with Crippen molar-refractivity contribution in [1.82, 2.24) is 33.6 Å². The number of hydrogen-bond donors (Lipinski definition) is 6. The molecular formula is C52H96F2N7O12PS53U23. The third kappa shape index (κ3) is 139. The fourth-order valence-corrected chi connectivity index (χ4v) is 140. The van der Waals surface area contributed by atoms with Crippen LogP contribution in [0.5, 0.6) is 0 Å². The molecule has 4 aliphatic heterocycles. The summed E-state index contributed by atoms with van der Waals surface area (Å²) in [5.74, 6) is 2.18. The Morgan fingerprint density at radius 1 is 0.427 bits per heavy atom. The maximum atomic E-state index is 15.8. The maximum absolute atomic E-state index is 15.8. The summed E-state index contributed by atoms with van der Waals surface area (Å²) in [6.07, 6.45) is 3.82. The molecule has 0 saturated carbocycles. The first-order chi connectivity index (χ1) is 63.4. The van der Waals surface area contributed by atoms with Crippen LogP contribution in [-0.4, -0.2) is 193 Å².